The summed E-state index contributed by atoms with van der Waals surface area (Å²) in [6.07, 6.45) is 0. The largest absolute Gasteiger partial charge is 0.546 e. The molecule has 0 radical (unpaired) electrons. The Hall–Kier alpha value is -2.86. The van der Waals surface area contributed by atoms with E-state index in [1.54, 1.807) is 55.5 Å². The van der Waals surface area contributed by atoms with E-state index in [9.17, 15) is 14.7 Å². The average molecular weight is 346 g/mol. The summed E-state index contributed by atoms with van der Waals surface area (Å²) in [5.74, 6) is -1.30. The molecule has 0 spiro atoms. The van der Waals surface area contributed by atoms with Crippen LogP contribution >= 0.6 is 11.6 Å². The van der Waals surface area contributed by atoms with Crippen molar-refractivity contribution in [3.8, 4) is 5.75 Å². The first-order valence-corrected chi connectivity index (χ1v) is 7.37. The molecule has 0 atom stereocenters. The molecule has 0 saturated carbocycles. The molecule has 0 bridgehead atoms. The van der Waals surface area contributed by atoms with Gasteiger partial charge in [-0.25, -0.2) is 5.43 Å². The molecule has 0 aliphatic heterocycles. The predicted molar refractivity (Wildman–Crippen MR) is 88.1 cm³/mol. The van der Waals surface area contributed by atoms with Gasteiger partial charge in [-0.1, -0.05) is 23.7 Å². The van der Waals surface area contributed by atoms with Crippen molar-refractivity contribution in [2.24, 2.45) is 5.10 Å². The number of aliphatic carboxylic acids is 1. The Morgan fingerprint density at radius 3 is 2.54 bits per heavy atom. The summed E-state index contributed by atoms with van der Waals surface area (Å²) in [6, 6.07) is 13.1. The summed E-state index contributed by atoms with van der Waals surface area (Å²) >= 11 is 5.77. The number of halogens is 1. The first kappa shape index (κ1) is 17.5. The lowest BCUT2D eigenvalue weighted by molar-refractivity contribution is -0.307. The van der Waals surface area contributed by atoms with Gasteiger partial charge in [0.1, 0.15) is 12.4 Å². The summed E-state index contributed by atoms with van der Waals surface area (Å²) in [4.78, 5) is 22.4. The summed E-state index contributed by atoms with van der Waals surface area (Å²) in [5, 5.41) is 15.0. The molecule has 124 valence electrons. The third-order valence-corrected chi connectivity index (χ3v) is 3.29. The predicted octanol–water partition coefficient (Wildman–Crippen LogP) is 1.62. The van der Waals surface area contributed by atoms with Crippen molar-refractivity contribution < 1.29 is 19.4 Å². The van der Waals surface area contributed by atoms with E-state index in [1.165, 1.54) is 0 Å². The zero-order chi connectivity index (χ0) is 17.5. The van der Waals surface area contributed by atoms with Gasteiger partial charge >= 0.3 is 0 Å². The van der Waals surface area contributed by atoms with Crippen molar-refractivity contribution in [3.05, 3.63) is 64.7 Å². The summed E-state index contributed by atoms with van der Waals surface area (Å²) in [7, 11) is 0. The van der Waals surface area contributed by atoms with Crippen LogP contribution in [-0.4, -0.2) is 24.2 Å². The molecule has 0 heterocycles. The number of ether oxygens (including phenoxy) is 1. The number of hydrogen-bond acceptors (Lipinski definition) is 5. The highest BCUT2D eigenvalue weighted by atomic mass is 35.5. The van der Waals surface area contributed by atoms with Crippen LogP contribution in [0.2, 0.25) is 5.02 Å². The van der Waals surface area contributed by atoms with E-state index >= 15 is 0 Å². The monoisotopic (exact) mass is 345 g/mol. The van der Waals surface area contributed by atoms with Gasteiger partial charge in [0, 0.05) is 16.1 Å². The van der Waals surface area contributed by atoms with Crippen LogP contribution in [0.5, 0.6) is 5.75 Å². The molecule has 0 saturated heterocycles. The minimum Gasteiger partial charge on any atom is -0.546 e. The molecular formula is C17H14ClN2O4-. The lowest BCUT2D eigenvalue weighted by Crippen LogP contribution is -2.28. The third-order valence-electron chi connectivity index (χ3n) is 3.04. The summed E-state index contributed by atoms with van der Waals surface area (Å²) < 4.78 is 5.05. The Bertz CT molecular complexity index is 772. The van der Waals surface area contributed by atoms with Gasteiger partial charge in [0.05, 0.1) is 11.7 Å². The highest BCUT2D eigenvalue weighted by Gasteiger charge is 2.05. The van der Waals surface area contributed by atoms with E-state index in [-0.39, 0.29) is 5.91 Å². The topological polar surface area (TPSA) is 90.8 Å². The molecule has 24 heavy (non-hydrogen) atoms. The lowest BCUT2D eigenvalue weighted by atomic mass is 10.1. The molecule has 0 aliphatic carbocycles. The van der Waals surface area contributed by atoms with Crippen LogP contribution < -0.4 is 15.3 Å². The second-order valence-corrected chi connectivity index (χ2v) is 5.27. The normalized spacial score (nSPS) is 11.0. The van der Waals surface area contributed by atoms with E-state index in [4.69, 9.17) is 16.3 Å². The molecule has 2 aromatic carbocycles. The second kappa shape index (κ2) is 8.12. The molecule has 0 aromatic heterocycles. The SMILES string of the molecule is C/C(=N/NC(=O)c1ccc(Cl)cc1)c1cccc(OCC(=O)[O-])c1. The second-order valence-electron chi connectivity index (χ2n) is 4.83. The smallest absolute Gasteiger partial charge is 0.271 e. The maximum atomic E-state index is 12.0. The van der Waals surface area contributed by atoms with Crippen LogP contribution in [0.15, 0.2) is 53.6 Å². The van der Waals surface area contributed by atoms with Crippen molar-refractivity contribution in [3.63, 3.8) is 0 Å². The van der Waals surface area contributed by atoms with E-state index in [1.807, 2.05) is 0 Å². The van der Waals surface area contributed by atoms with E-state index in [2.05, 4.69) is 10.5 Å². The van der Waals surface area contributed by atoms with Gasteiger partial charge in [0.25, 0.3) is 5.91 Å². The number of benzene rings is 2. The molecule has 2 rings (SSSR count). The molecule has 2 aromatic rings. The maximum absolute atomic E-state index is 12.0. The molecule has 6 nitrogen and oxygen atoms in total. The van der Waals surface area contributed by atoms with Gasteiger partial charge < -0.3 is 14.6 Å². The van der Waals surface area contributed by atoms with Crippen LogP contribution in [0, 0.1) is 0 Å². The van der Waals surface area contributed by atoms with E-state index in [0.29, 0.717) is 27.6 Å². The van der Waals surface area contributed by atoms with Crippen molar-refractivity contribution in [1.82, 2.24) is 5.43 Å². The number of carboxylic acids is 1. The first-order valence-electron chi connectivity index (χ1n) is 6.99. The molecule has 0 aliphatic rings. The fourth-order valence-electron chi connectivity index (χ4n) is 1.82. The number of hydrogen-bond donors (Lipinski definition) is 1. The van der Waals surface area contributed by atoms with Crippen LogP contribution in [0.1, 0.15) is 22.8 Å². The van der Waals surface area contributed by atoms with Crippen molar-refractivity contribution >= 4 is 29.2 Å². The molecule has 1 N–H and O–H groups in total. The van der Waals surface area contributed by atoms with Gasteiger partial charge in [-0.15, -0.1) is 0 Å². The zero-order valence-electron chi connectivity index (χ0n) is 12.8. The number of rotatable bonds is 6. The van der Waals surface area contributed by atoms with Crippen LogP contribution in [0.3, 0.4) is 0 Å². The Balaban J connectivity index is 2.04. The number of amides is 1. The third kappa shape index (κ3) is 5.10. The van der Waals surface area contributed by atoms with Crippen molar-refractivity contribution in [2.75, 3.05) is 6.61 Å². The number of carbonyl (C=O) groups excluding carboxylic acids is 2. The molecule has 7 heteroatoms. The van der Waals surface area contributed by atoms with E-state index < -0.39 is 12.6 Å². The Labute approximate surface area is 143 Å². The molecule has 0 unspecified atom stereocenters. The highest BCUT2D eigenvalue weighted by Crippen LogP contribution is 2.14. The minimum atomic E-state index is -1.30. The summed E-state index contributed by atoms with van der Waals surface area (Å²) in [6.45, 7) is 1.17. The van der Waals surface area contributed by atoms with Gasteiger partial charge in [0.15, 0.2) is 0 Å². The number of carboxylic acid groups (broad SMARTS) is 1. The highest BCUT2D eigenvalue weighted by molar-refractivity contribution is 6.30. The average Bonchev–Trinajstić information content (AvgIpc) is 2.58. The Morgan fingerprint density at radius 1 is 1.17 bits per heavy atom. The summed E-state index contributed by atoms with van der Waals surface area (Å²) in [5.41, 5.74) is 4.10. The molecular weight excluding hydrogens is 332 g/mol. The van der Waals surface area contributed by atoms with Gasteiger partial charge in [-0.05, 0) is 43.3 Å². The first-order chi connectivity index (χ1) is 11.5. The van der Waals surface area contributed by atoms with Crippen molar-refractivity contribution in [1.29, 1.82) is 0 Å². The fraction of sp³-hybridized carbons (Fsp3) is 0.118. The molecule has 1 amide bonds. The fourth-order valence-corrected chi connectivity index (χ4v) is 1.94. The maximum Gasteiger partial charge on any atom is 0.271 e. The van der Waals surface area contributed by atoms with Gasteiger partial charge in [0.2, 0.25) is 0 Å². The Morgan fingerprint density at radius 2 is 1.88 bits per heavy atom. The Kier molecular flexibility index (Phi) is 5.92. The zero-order valence-corrected chi connectivity index (χ0v) is 13.5. The van der Waals surface area contributed by atoms with E-state index in [0.717, 1.165) is 0 Å². The van der Waals surface area contributed by atoms with Gasteiger partial charge in [-0.3, -0.25) is 4.79 Å². The number of hydrazone groups is 1. The number of carbonyl (C=O) groups is 2. The number of nitrogens with one attached hydrogen (secondary N) is 1. The van der Waals surface area contributed by atoms with Gasteiger partial charge in [-0.2, -0.15) is 5.10 Å². The minimum absolute atomic E-state index is 0.365. The quantitative estimate of drug-likeness (QED) is 0.636. The molecule has 0 fully saturated rings. The standard InChI is InChI=1S/C17H15ClN2O4/c1-11(13-3-2-4-15(9-13)24-10-16(21)22)19-20-17(23)12-5-7-14(18)8-6-12/h2-9H,10H2,1H3,(H,20,23)(H,21,22)/p-1/b19-11-. The van der Waals surface area contributed by atoms with Crippen molar-refractivity contribution in [2.45, 2.75) is 6.92 Å². The lowest BCUT2D eigenvalue weighted by Gasteiger charge is -2.08. The van der Waals surface area contributed by atoms with Crippen LogP contribution in [-0.2, 0) is 4.79 Å². The number of nitrogens with zero attached hydrogens (tertiary/aromatic N) is 1. The van der Waals surface area contributed by atoms with Crippen LogP contribution in [0.4, 0.5) is 0 Å². The van der Waals surface area contributed by atoms with Crippen LogP contribution in [0.25, 0.3) is 0 Å².